The molecule has 0 radical (unpaired) electrons. The van der Waals surface area contributed by atoms with Crippen LogP contribution in [0.2, 0.25) is 0 Å². The van der Waals surface area contributed by atoms with Gasteiger partial charge in [0.1, 0.15) is 11.2 Å². The maximum absolute atomic E-state index is 12.5. The number of nitrogens with one attached hydrogen (secondary N) is 1. The number of imidazole rings is 1. The Morgan fingerprint density at radius 1 is 1.22 bits per heavy atom. The maximum Gasteiger partial charge on any atom is 0.401 e. The van der Waals surface area contributed by atoms with Gasteiger partial charge in [0.2, 0.25) is 0 Å². The molecule has 3 aromatic rings. The van der Waals surface area contributed by atoms with Gasteiger partial charge >= 0.3 is 6.18 Å². The minimum Gasteiger partial charge on any atom is -0.346 e. The molecule has 1 fully saturated rings. The predicted octanol–water partition coefficient (Wildman–Crippen LogP) is 3.11. The Labute approximate surface area is 130 Å². The molecule has 1 saturated heterocycles. The first-order chi connectivity index (χ1) is 11.0. The van der Waals surface area contributed by atoms with Crippen molar-refractivity contribution in [1.29, 1.82) is 0 Å². The number of aromatic amines is 1. The molecule has 8 heteroatoms. The van der Waals surface area contributed by atoms with E-state index in [1.165, 1.54) is 4.90 Å². The molecule has 1 N–H and O–H groups in total. The third-order valence-corrected chi connectivity index (χ3v) is 4.47. The number of halogens is 3. The zero-order chi connectivity index (χ0) is 16.0. The second-order valence-corrected chi connectivity index (χ2v) is 6.01. The molecule has 0 saturated carbocycles. The first-order valence-electron chi connectivity index (χ1n) is 7.59. The number of rotatable bonds is 2. The van der Waals surface area contributed by atoms with Gasteiger partial charge in [-0.25, -0.2) is 9.97 Å². The molecule has 0 atom stereocenters. The van der Waals surface area contributed by atoms with Crippen molar-refractivity contribution >= 4 is 22.1 Å². The minimum absolute atomic E-state index is 0.171. The fourth-order valence-corrected chi connectivity index (χ4v) is 3.42. The van der Waals surface area contributed by atoms with Crippen LogP contribution in [0.5, 0.6) is 0 Å². The van der Waals surface area contributed by atoms with Gasteiger partial charge in [0.25, 0.3) is 0 Å². The van der Waals surface area contributed by atoms with Crippen LogP contribution in [0, 0.1) is 0 Å². The molecular formula is C15H16F3N5. The van der Waals surface area contributed by atoms with Crippen LogP contribution in [-0.4, -0.2) is 50.2 Å². The van der Waals surface area contributed by atoms with Crippen molar-refractivity contribution in [3.8, 4) is 0 Å². The molecule has 122 valence electrons. The van der Waals surface area contributed by atoms with Gasteiger partial charge in [-0.3, -0.25) is 4.90 Å². The Bertz CT molecular complexity index is 826. The summed E-state index contributed by atoms with van der Waals surface area (Å²) in [6, 6.07) is 2.13. The first kappa shape index (κ1) is 14.5. The molecule has 5 nitrogen and oxygen atoms in total. The minimum atomic E-state index is -4.13. The average molecular weight is 323 g/mol. The Morgan fingerprint density at radius 3 is 2.74 bits per heavy atom. The number of alkyl halides is 3. The van der Waals surface area contributed by atoms with Crippen molar-refractivity contribution in [1.82, 2.24) is 24.4 Å². The van der Waals surface area contributed by atoms with E-state index in [0.717, 1.165) is 22.1 Å². The van der Waals surface area contributed by atoms with E-state index in [1.54, 1.807) is 12.5 Å². The normalized spacial score (nSPS) is 18.2. The van der Waals surface area contributed by atoms with E-state index in [1.807, 2.05) is 12.3 Å². The van der Waals surface area contributed by atoms with E-state index in [9.17, 15) is 13.2 Å². The van der Waals surface area contributed by atoms with Crippen molar-refractivity contribution in [3.63, 3.8) is 0 Å². The summed E-state index contributed by atoms with van der Waals surface area (Å²) in [5.41, 5.74) is 2.62. The molecule has 0 aliphatic carbocycles. The van der Waals surface area contributed by atoms with Gasteiger partial charge in [-0.2, -0.15) is 13.2 Å². The summed E-state index contributed by atoms with van der Waals surface area (Å²) < 4.78 is 39.6. The van der Waals surface area contributed by atoms with Crippen LogP contribution in [0.3, 0.4) is 0 Å². The Morgan fingerprint density at radius 2 is 2.00 bits per heavy atom. The molecular weight excluding hydrogens is 307 g/mol. The van der Waals surface area contributed by atoms with Gasteiger partial charge in [0.15, 0.2) is 0 Å². The van der Waals surface area contributed by atoms with Crippen LogP contribution in [-0.2, 0) is 0 Å². The SMILES string of the molecule is FC(F)(F)CN1CCC(n2cnc3cnc4[nH]ccc4c32)CC1. The van der Waals surface area contributed by atoms with Gasteiger partial charge in [0, 0.05) is 30.7 Å². The van der Waals surface area contributed by atoms with E-state index in [2.05, 4.69) is 19.5 Å². The zero-order valence-electron chi connectivity index (χ0n) is 12.3. The summed E-state index contributed by atoms with van der Waals surface area (Å²) in [5.74, 6) is 0. The highest BCUT2D eigenvalue weighted by molar-refractivity contribution is 6.00. The molecule has 1 aliphatic rings. The summed E-state index contributed by atoms with van der Waals surface area (Å²) in [7, 11) is 0. The Hall–Kier alpha value is -2.09. The highest BCUT2D eigenvalue weighted by atomic mass is 19.4. The van der Waals surface area contributed by atoms with Gasteiger partial charge in [-0.1, -0.05) is 0 Å². The fourth-order valence-electron chi connectivity index (χ4n) is 3.42. The zero-order valence-corrected chi connectivity index (χ0v) is 12.3. The lowest BCUT2D eigenvalue weighted by atomic mass is 10.0. The lowest BCUT2D eigenvalue weighted by Crippen LogP contribution is -2.40. The Kier molecular flexibility index (Phi) is 3.29. The standard InChI is InChI=1S/C15H16F3N5/c16-15(17,18)8-22-5-2-10(3-6-22)23-9-21-12-7-20-14-11(13(12)23)1-4-19-14/h1,4,7,9-10H,2-3,5-6,8H2,(H,19,20). The quantitative estimate of drug-likeness (QED) is 0.788. The van der Waals surface area contributed by atoms with Crippen molar-refractivity contribution in [2.45, 2.75) is 25.1 Å². The van der Waals surface area contributed by atoms with Gasteiger partial charge in [0.05, 0.1) is 24.6 Å². The van der Waals surface area contributed by atoms with Crippen LogP contribution in [0.4, 0.5) is 13.2 Å². The average Bonchev–Trinajstić information content (AvgIpc) is 3.12. The molecule has 0 bridgehead atoms. The molecule has 0 unspecified atom stereocenters. The number of aromatic nitrogens is 4. The monoisotopic (exact) mass is 323 g/mol. The lowest BCUT2D eigenvalue weighted by molar-refractivity contribution is -0.148. The summed E-state index contributed by atoms with van der Waals surface area (Å²) in [4.78, 5) is 13.3. The largest absolute Gasteiger partial charge is 0.401 e. The third-order valence-electron chi connectivity index (χ3n) is 4.47. The summed E-state index contributed by atoms with van der Waals surface area (Å²) in [6.07, 6.45) is 2.59. The maximum atomic E-state index is 12.5. The molecule has 4 rings (SSSR count). The van der Waals surface area contributed by atoms with Crippen molar-refractivity contribution in [2.24, 2.45) is 0 Å². The highest BCUT2D eigenvalue weighted by Gasteiger charge is 2.33. The third kappa shape index (κ3) is 2.67. The van der Waals surface area contributed by atoms with Crippen LogP contribution in [0.25, 0.3) is 22.1 Å². The number of fused-ring (bicyclic) bond motifs is 3. The smallest absolute Gasteiger partial charge is 0.346 e. The van der Waals surface area contributed by atoms with E-state index in [4.69, 9.17) is 0 Å². The topological polar surface area (TPSA) is 49.7 Å². The summed E-state index contributed by atoms with van der Waals surface area (Å²) in [5, 5.41) is 0.998. The summed E-state index contributed by atoms with van der Waals surface area (Å²) >= 11 is 0. The number of nitrogens with zero attached hydrogens (tertiary/aromatic N) is 4. The van der Waals surface area contributed by atoms with E-state index in [-0.39, 0.29) is 6.04 Å². The van der Waals surface area contributed by atoms with Crippen LogP contribution in [0.15, 0.2) is 24.8 Å². The van der Waals surface area contributed by atoms with Gasteiger partial charge < -0.3 is 9.55 Å². The van der Waals surface area contributed by atoms with Crippen molar-refractivity contribution in [2.75, 3.05) is 19.6 Å². The number of likely N-dealkylation sites (tertiary alicyclic amines) is 1. The molecule has 23 heavy (non-hydrogen) atoms. The highest BCUT2D eigenvalue weighted by Crippen LogP contribution is 2.30. The van der Waals surface area contributed by atoms with E-state index in [0.29, 0.717) is 25.9 Å². The second-order valence-electron chi connectivity index (χ2n) is 6.01. The number of hydrogen-bond donors (Lipinski definition) is 1. The van der Waals surface area contributed by atoms with Crippen molar-refractivity contribution in [3.05, 3.63) is 24.8 Å². The predicted molar refractivity (Wildman–Crippen MR) is 80.2 cm³/mol. The van der Waals surface area contributed by atoms with Crippen LogP contribution >= 0.6 is 0 Å². The first-order valence-corrected chi connectivity index (χ1v) is 7.59. The molecule has 0 amide bonds. The number of piperidine rings is 1. The van der Waals surface area contributed by atoms with E-state index < -0.39 is 12.7 Å². The van der Waals surface area contributed by atoms with Crippen molar-refractivity contribution < 1.29 is 13.2 Å². The van der Waals surface area contributed by atoms with Crippen LogP contribution in [0.1, 0.15) is 18.9 Å². The molecule has 4 heterocycles. The Balaban J connectivity index is 1.60. The van der Waals surface area contributed by atoms with E-state index >= 15 is 0 Å². The number of pyridine rings is 1. The number of H-pyrrole nitrogens is 1. The lowest BCUT2D eigenvalue weighted by Gasteiger charge is -2.33. The fraction of sp³-hybridized carbons (Fsp3) is 0.467. The van der Waals surface area contributed by atoms with Crippen LogP contribution < -0.4 is 0 Å². The molecule has 1 aliphatic heterocycles. The van der Waals surface area contributed by atoms with Gasteiger partial charge in [-0.05, 0) is 18.9 Å². The second kappa shape index (κ2) is 5.23. The van der Waals surface area contributed by atoms with Gasteiger partial charge in [-0.15, -0.1) is 0 Å². The summed E-state index contributed by atoms with van der Waals surface area (Å²) in [6.45, 7) is 0.0762. The molecule has 0 spiro atoms. The number of hydrogen-bond acceptors (Lipinski definition) is 3. The molecule has 0 aromatic carbocycles. The molecule has 3 aromatic heterocycles.